The fraction of sp³-hybridized carbons (Fsp3) is 0.533. The van der Waals surface area contributed by atoms with Gasteiger partial charge in [-0.05, 0) is 64.6 Å². The van der Waals surface area contributed by atoms with Crippen molar-refractivity contribution in [3.63, 3.8) is 0 Å². The topological polar surface area (TPSA) is 44.4 Å². The average molecular weight is 298 g/mol. The van der Waals surface area contributed by atoms with Crippen molar-refractivity contribution in [2.24, 2.45) is 0 Å². The molecule has 4 nitrogen and oxygen atoms in total. The Morgan fingerprint density at radius 3 is 2.60 bits per heavy atom. The van der Waals surface area contributed by atoms with Crippen molar-refractivity contribution in [3.8, 4) is 0 Å². The maximum absolute atomic E-state index is 11.9. The van der Waals surface area contributed by atoms with Crippen molar-refractivity contribution in [1.29, 1.82) is 0 Å². The molecule has 0 heterocycles. The minimum Gasteiger partial charge on any atom is -0.323 e. The van der Waals surface area contributed by atoms with Crippen LogP contribution in [0.5, 0.6) is 0 Å². The molecule has 5 heteroatoms. The fourth-order valence-electron chi connectivity index (χ4n) is 1.98. The van der Waals surface area contributed by atoms with E-state index in [2.05, 4.69) is 15.5 Å². The minimum absolute atomic E-state index is 0.0660. The highest BCUT2D eigenvalue weighted by molar-refractivity contribution is 6.34. The number of aryl methyl sites for hydroxylation is 2. The van der Waals surface area contributed by atoms with E-state index >= 15 is 0 Å². The first-order valence-electron chi connectivity index (χ1n) is 6.82. The van der Waals surface area contributed by atoms with Gasteiger partial charge >= 0.3 is 0 Å². The van der Waals surface area contributed by atoms with Crippen LogP contribution in [0.2, 0.25) is 5.02 Å². The van der Waals surface area contributed by atoms with E-state index in [1.165, 1.54) is 0 Å². The first kappa shape index (κ1) is 17.0. The number of rotatable bonds is 7. The summed E-state index contributed by atoms with van der Waals surface area (Å²) in [6.45, 7) is 6.07. The van der Waals surface area contributed by atoms with E-state index in [0.717, 1.165) is 30.6 Å². The lowest BCUT2D eigenvalue weighted by Gasteiger charge is -2.12. The lowest BCUT2D eigenvalue weighted by Crippen LogP contribution is -2.30. The molecule has 0 aliphatic heterocycles. The van der Waals surface area contributed by atoms with Crippen LogP contribution in [-0.2, 0) is 4.79 Å². The largest absolute Gasteiger partial charge is 0.323 e. The van der Waals surface area contributed by atoms with Crippen molar-refractivity contribution in [2.75, 3.05) is 39.0 Å². The van der Waals surface area contributed by atoms with Crippen LogP contribution < -0.4 is 10.6 Å². The predicted octanol–water partition coefficient (Wildman–Crippen LogP) is 2.44. The molecule has 0 aromatic heterocycles. The number of carbonyl (C=O) groups excluding carboxylic acids is 1. The summed E-state index contributed by atoms with van der Waals surface area (Å²) >= 11 is 6.16. The van der Waals surface area contributed by atoms with Crippen molar-refractivity contribution in [1.82, 2.24) is 10.2 Å². The molecule has 0 saturated carbocycles. The number of anilines is 1. The molecule has 1 amide bonds. The van der Waals surface area contributed by atoms with Crippen LogP contribution in [-0.4, -0.2) is 44.5 Å². The molecular formula is C15H24ClN3O. The van der Waals surface area contributed by atoms with Gasteiger partial charge in [0.25, 0.3) is 0 Å². The van der Waals surface area contributed by atoms with E-state index in [9.17, 15) is 4.79 Å². The van der Waals surface area contributed by atoms with E-state index in [4.69, 9.17) is 11.6 Å². The van der Waals surface area contributed by atoms with E-state index < -0.39 is 0 Å². The highest BCUT2D eigenvalue weighted by Gasteiger charge is 2.09. The molecule has 1 rings (SSSR count). The zero-order valence-electron chi connectivity index (χ0n) is 12.7. The zero-order valence-corrected chi connectivity index (χ0v) is 13.5. The summed E-state index contributed by atoms with van der Waals surface area (Å²) in [6.07, 6.45) is 1.02. The number of nitrogens with zero attached hydrogens (tertiary/aromatic N) is 1. The van der Waals surface area contributed by atoms with Gasteiger partial charge in [-0.25, -0.2) is 0 Å². The van der Waals surface area contributed by atoms with Gasteiger partial charge in [-0.3, -0.25) is 4.79 Å². The first-order chi connectivity index (χ1) is 9.40. The molecule has 0 aliphatic rings. The summed E-state index contributed by atoms with van der Waals surface area (Å²) in [7, 11) is 4.07. The van der Waals surface area contributed by atoms with E-state index in [-0.39, 0.29) is 5.91 Å². The smallest absolute Gasteiger partial charge is 0.238 e. The van der Waals surface area contributed by atoms with Crippen LogP contribution in [0.25, 0.3) is 0 Å². The molecule has 0 unspecified atom stereocenters. The Labute approximate surface area is 126 Å². The third-order valence-corrected chi connectivity index (χ3v) is 3.24. The Hall–Kier alpha value is -1.10. The Balaban J connectivity index is 2.39. The van der Waals surface area contributed by atoms with E-state index in [1.807, 2.05) is 40.1 Å². The first-order valence-corrected chi connectivity index (χ1v) is 7.20. The normalized spacial score (nSPS) is 10.9. The van der Waals surface area contributed by atoms with Crippen molar-refractivity contribution < 1.29 is 4.79 Å². The standard InChI is InChI=1S/C15H24ClN3O/c1-11-8-12(2)15(13(16)9-11)18-14(20)10-17-6-5-7-19(3)4/h8-9,17H,5-7,10H2,1-4H3,(H,18,20). The third-order valence-electron chi connectivity index (χ3n) is 2.94. The number of hydrogen-bond acceptors (Lipinski definition) is 3. The molecule has 112 valence electrons. The fourth-order valence-corrected chi connectivity index (χ4v) is 2.35. The predicted molar refractivity (Wildman–Crippen MR) is 85.6 cm³/mol. The number of halogens is 1. The van der Waals surface area contributed by atoms with Crippen LogP contribution in [0.1, 0.15) is 17.5 Å². The second-order valence-corrected chi connectivity index (χ2v) is 5.73. The molecule has 1 aromatic carbocycles. The highest BCUT2D eigenvalue weighted by Crippen LogP contribution is 2.27. The maximum Gasteiger partial charge on any atom is 0.238 e. The number of hydrogen-bond donors (Lipinski definition) is 2. The number of amides is 1. The molecule has 2 N–H and O–H groups in total. The Morgan fingerprint density at radius 2 is 2.00 bits per heavy atom. The minimum atomic E-state index is -0.0660. The molecule has 20 heavy (non-hydrogen) atoms. The molecule has 0 fully saturated rings. The SMILES string of the molecule is Cc1cc(C)c(NC(=O)CNCCCN(C)C)c(Cl)c1. The second-order valence-electron chi connectivity index (χ2n) is 5.32. The molecule has 0 radical (unpaired) electrons. The van der Waals surface area contributed by atoms with Crippen LogP contribution in [0, 0.1) is 13.8 Å². The molecule has 0 bridgehead atoms. The zero-order chi connectivity index (χ0) is 15.1. The van der Waals surface area contributed by atoms with Crippen LogP contribution >= 0.6 is 11.6 Å². The molecule has 0 saturated heterocycles. The Morgan fingerprint density at radius 1 is 1.30 bits per heavy atom. The third kappa shape index (κ3) is 5.90. The molecule has 0 aliphatic carbocycles. The number of benzene rings is 1. The van der Waals surface area contributed by atoms with Crippen molar-refractivity contribution >= 4 is 23.2 Å². The van der Waals surface area contributed by atoms with Gasteiger partial charge in [0.1, 0.15) is 0 Å². The van der Waals surface area contributed by atoms with E-state index in [1.54, 1.807) is 0 Å². The summed E-state index contributed by atoms with van der Waals surface area (Å²) < 4.78 is 0. The van der Waals surface area contributed by atoms with Gasteiger partial charge in [-0.15, -0.1) is 0 Å². The molecule has 1 aromatic rings. The highest BCUT2D eigenvalue weighted by atomic mass is 35.5. The van der Waals surface area contributed by atoms with Gasteiger partial charge in [0.2, 0.25) is 5.91 Å². The number of carbonyl (C=O) groups is 1. The summed E-state index contributed by atoms with van der Waals surface area (Å²) in [4.78, 5) is 14.0. The van der Waals surface area contributed by atoms with Crippen molar-refractivity contribution in [3.05, 3.63) is 28.3 Å². The van der Waals surface area contributed by atoms with Gasteiger partial charge in [-0.1, -0.05) is 17.7 Å². The molecular weight excluding hydrogens is 274 g/mol. The Kier molecular flexibility index (Phi) is 6.99. The lowest BCUT2D eigenvalue weighted by molar-refractivity contribution is -0.115. The number of nitrogens with one attached hydrogen (secondary N) is 2. The van der Waals surface area contributed by atoms with Gasteiger partial charge < -0.3 is 15.5 Å². The van der Waals surface area contributed by atoms with Crippen LogP contribution in [0.3, 0.4) is 0 Å². The summed E-state index contributed by atoms with van der Waals surface area (Å²) in [5.74, 6) is -0.0660. The van der Waals surface area contributed by atoms with Gasteiger partial charge in [-0.2, -0.15) is 0 Å². The maximum atomic E-state index is 11.9. The quantitative estimate of drug-likeness (QED) is 0.760. The average Bonchev–Trinajstić information content (AvgIpc) is 2.33. The van der Waals surface area contributed by atoms with Crippen LogP contribution in [0.15, 0.2) is 12.1 Å². The van der Waals surface area contributed by atoms with Crippen molar-refractivity contribution in [2.45, 2.75) is 20.3 Å². The lowest BCUT2D eigenvalue weighted by atomic mass is 10.1. The second kappa shape index (κ2) is 8.25. The van der Waals surface area contributed by atoms with Gasteiger partial charge in [0.15, 0.2) is 0 Å². The van der Waals surface area contributed by atoms with Gasteiger partial charge in [0.05, 0.1) is 17.3 Å². The van der Waals surface area contributed by atoms with E-state index in [0.29, 0.717) is 17.3 Å². The summed E-state index contributed by atoms with van der Waals surface area (Å²) in [6, 6.07) is 3.86. The Bertz CT molecular complexity index is 437. The van der Waals surface area contributed by atoms with Crippen LogP contribution in [0.4, 0.5) is 5.69 Å². The molecule has 0 spiro atoms. The van der Waals surface area contributed by atoms with Gasteiger partial charge in [0, 0.05) is 0 Å². The summed E-state index contributed by atoms with van der Waals surface area (Å²) in [5.41, 5.74) is 2.78. The summed E-state index contributed by atoms with van der Waals surface area (Å²) in [5, 5.41) is 6.58. The molecule has 0 atom stereocenters. The monoisotopic (exact) mass is 297 g/mol.